The van der Waals surface area contributed by atoms with Crippen molar-refractivity contribution in [3.8, 4) is 44.5 Å². The Balaban J connectivity index is 1.34. The van der Waals surface area contributed by atoms with Crippen molar-refractivity contribution in [3.63, 3.8) is 0 Å². The number of nitrogens with zero attached hydrogens (tertiary/aromatic N) is 1. The van der Waals surface area contributed by atoms with Gasteiger partial charge in [-0.05, 0) is 85.6 Å². The molecule has 0 radical (unpaired) electrons. The van der Waals surface area contributed by atoms with Crippen LogP contribution in [-0.4, -0.2) is 0 Å². The van der Waals surface area contributed by atoms with Gasteiger partial charge in [0, 0.05) is 22.2 Å². The molecule has 1 aliphatic carbocycles. The van der Waals surface area contributed by atoms with Crippen LogP contribution in [0.2, 0.25) is 0 Å². The third-order valence-electron chi connectivity index (χ3n) is 10.5. The van der Waals surface area contributed by atoms with E-state index in [1.165, 1.54) is 72.1 Å². The van der Waals surface area contributed by atoms with Gasteiger partial charge in [-0.25, -0.2) is 0 Å². The van der Waals surface area contributed by atoms with Crippen LogP contribution in [0.4, 0.5) is 17.1 Å². The minimum atomic E-state index is -0.111. The van der Waals surface area contributed by atoms with Gasteiger partial charge in [-0.1, -0.05) is 172 Å². The van der Waals surface area contributed by atoms with Crippen molar-refractivity contribution in [3.05, 3.63) is 199 Å². The Morgan fingerprint density at radius 3 is 1.72 bits per heavy atom. The lowest BCUT2D eigenvalue weighted by Gasteiger charge is -2.31. The average Bonchev–Trinajstić information content (AvgIpc) is 3.42. The zero-order valence-corrected chi connectivity index (χ0v) is 28.3. The topological polar surface area (TPSA) is 3.24 Å². The Morgan fingerprint density at radius 1 is 0.380 bits per heavy atom. The van der Waals surface area contributed by atoms with Gasteiger partial charge in [0.25, 0.3) is 0 Å². The Labute approximate surface area is 294 Å². The molecule has 8 aromatic rings. The number of benzene rings is 8. The van der Waals surface area contributed by atoms with Crippen molar-refractivity contribution in [1.82, 2.24) is 0 Å². The first-order valence-electron chi connectivity index (χ1n) is 17.4. The molecule has 50 heavy (non-hydrogen) atoms. The van der Waals surface area contributed by atoms with E-state index in [4.69, 9.17) is 0 Å². The van der Waals surface area contributed by atoms with Crippen molar-refractivity contribution in [2.45, 2.75) is 19.3 Å². The quantitative estimate of drug-likeness (QED) is 0.175. The SMILES string of the molecule is CC1(C)c2ccccc2-c2c(N(c3ccc(-c4ccccc4)cc3)c3ccc(-c4ccccc4)cc3-c3cccc4ccccc34)cccc21. The van der Waals surface area contributed by atoms with Crippen LogP contribution in [0.25, 0.3) is 55.3 Å². The zero-order valence-electron chi connectivity index (χ0n) is 28.3. The molecule has 8 aromatic carbocycles. The maximum absolute atomic E-state index is 2.50. The lowest BCUT2D eigenvalue weighted by Crippen LogP contribution is -2.16. The van der Waals surface area contributed by atoms with Gasteiger partial charge in [-0.3, -0.25) is 0 Å². The lowest BCUT2D eigenvalue weighted by atomic mass is 9.82. The van der Waals surface area contributed by atoms with Gasteiger partial charge in [-0.2, -0.15) is 0 Å². The molecule has 0 atom stereocenters. The van der Waals surface area contributed by atoms with Gasteiger partial charge >= 0.3 is 0 Å². The molecule has 238 valence electrons. The summed E-state index contributed by atoms with van der Waals surface area (Å²) in [5.41, 5.74) is 15.9. The smallest absolute Gasteiger partial charge is 0.0543 e. The fraction of sp³-hybridized carbons (Fsp3) is 0.0612. The van der Waals surface area contributed by atoms with E-state index in [1.807, 2.05) is 0 Å². The second-order valence-corrected chi connectivity index (χ2v) is 13.7. The molecule has 0 bridgehead atoms. The highest BCUT2D eigenvalue weighted by molar-refractivity contribution is 6.04. The van der Waals surface area contributed by atoms with Crippen molar-refractivity contribution in [1.29, 1.82) is 0 Å². The number of hydrogen-bond acceptors (Lipinski definition) is 1. The average molecular weight is 640 g/mol. The van der Waals surface area contributed by atoms with Gasteiger partial charge < -0.3 is 4.90 Å². The van der Waals surface area contributed by atoms with E-state index in [2.05, 4.69) is 207 Å². The minimum Gasteiger partial charge on any atom is -0.309 e. The summed E-state index contributed by atoms with van der Waals surface area (Å²) in [5.74, 6) is 0. The Kier molecular flexibility index (Phi) is 7.21. The molecular weight excluding hydrogens is 603 g/mol. The maximum atomic E-state index is 2.50. The molecule has 1 heteroatoms. The van der Waals surface area contributed by atoms with E-state index in [-0.39, 0.29) is 5.41 Å². The second-order valence-electron chi connectivity index (χ2n) is 13.7. The van der Waals surface area contributed by atoms with Crippen LogP contribution in [0.5, 0.6) is 0 Å². The van der Waals surface area contributed by atoms with Crippen molar-refractivity contribution in [2.24, 2.45) is 0 Å². The molecule has 0 amide bonds. The monoisotopic (exact) mass is 639 g/mol. The normalized spacial score (nSPS) is 12.8. The molecule has 0 aromatic heterocycles. The summed E-state index contributed by atoms with van der Waals surface area (Å²) < 4.78 is 0. The molecule has 0 saturated carbocycles. The van der Waals surface area contributed by atoms with Gasteiger partial charge in [0.15, 0.2) is 0 Å². The summed E-state index contributed by atoms with van der Waals surface area (Å²) in [4.78, 5) is 2.50. The first kappa shape index (κ1) is 29.9. The predicted molar refractivity (Wildman–Crippen MR) is 213 cm³/mol. The minimum absolute atomic E-state index is 0.111. The number of fused-ring (bicyclic) bond motifs is 4. The van der Waals surface area contributed by atoms with Crippen LogP contribution in [0.1, 0.15) is 25.0 Å². The van der Waals surface area contributed by atoms with Crippen molar-refractivity contribution in [2.75, 3.05) is 4.90 Å². The largest absolute Gasteiger partial charge is 0.309 e. The van der Waals surface area contributed by atoms with E-state index in [0.29, 0.717) is 0 Å². The molecule has 0 aliphatic heterocycles. The van der Waals surface area contributed by atoms with Crippen molar-refractivity contribution < 1.29 is 0 Å². The van der Waals surface area contributed by atoms with Crippen LogP contribution in [0.3, 0.4) is 0 Å². The summed E-state index contributed by atoms with van der Waals surface area (Å²) >= 11 is 0. The number of rotatable bonds is 6. The summed E-state index contributed by atoms with van der Waals surface area (Å²) in [6, 6.07) is 68.7. The summed E-state index contributed by atoms with van der Waals surface area (Å²) in [5, 5.41) is 2.47. The lowest BCUT2D eigenvalue weighted by molar-refractivity contribution is 0.660. The van der Waals surface area contributed by atoms with Gasteiger partial charge in [-0.15, -0.1) is 0 Å². The molecular formula is C49H37N. The van der Waals surface area contributed by atoms with Gasteiger partial charge in [0.1, 0.15) is 0 Å². The van der Waals surface area contributed by atoms with E-state index >= 15 is 0 Å². The molecule has 0 unspecified atom stereocenters. The van der Waals surface area contributed by atoms with Crippen LogP contribution < -0.4 is 4.90 Å². The zero-order chi connectivity index (χ0) is 33.7. The van der Waals surface area contributed by atoms with Gasteiger partial charge in [0.2, 0.25) is 0 Å². The molecule has 0 fully saturated rings. The highest BCUT2D eigenvalue weighted by atomic mass is 15.1. The first-order valence-corrected chi connectivity index (χ1v) is 17.4. The molecule has 0 N–H and O–H groups in total. The Morgan fingerprint density at radius 2 is 0.940 bits per heavy atom. The van der Waals surface area contributed by atoms with E-state index in [1.54, 1.807) is 0 Å². The Hall–Kier alpha value is -6.18. The number of anilines is 3. The van der Waals surface area contributed by atoms with Crippen LogP contribution in [-0.2, 0) is 5.41 Å². The fourth-order valence-corrected chi connectivity index (χ4v) is 7.98. The molecule has 9 rings (SSSR count). The maximum Gasteiger partial charge on any atom is 0.0543 e. The van der Waals surface area contributed by atoms with E-state index in [9.17, 15) is 0 Å². The third-order valence-corrected chi connectivity index (χ3v) is 10.5. The van der Waals surface area contributed by atoms with Gasteiger partial charge in [0.05, 0.1) is 11.4 Å². The van der Waals surface area contributed by atoms with Crippen molar-refractivity contribution >= 4 is 27.8 Å². The molecule has 0 spiro atoms. The van der Waals surface area contributed by atoms with E-state index < -0.39 is 0 Å². The molecule has 0 heterocycles. The third kappa shape index (κ3) is 4.94. The summed E-state index contributed by atoms with van der Waals surface area (Å²) in [6.07, 6.45) is 0. The first-order chi connectivity index (χ1) is 24.6. The van der Waals surface area contributed by atoms with Crippen LogP contribution in [0.15, 0.2) is 188 Å². The fourth-order valence-electron chi connectivity index (χ4n) is 7.98. The highest BCUT2D eigenvalue weighted by Gasteiger charge is 2.38. The van der Waals surface area contributed by atoms with Crippen LogP contribution in [0, 0.1) is 0 Å². The standard InChI is InChI=1S/C49H37N/c1-49(2)44-24-12-11-22-42(44)48-45(49)25-14-26-47(48)50(39-30-27-36(28-31-39)34-15-5-3-6-16-34)46-32-29-38(35-17-7-4-8-18-35)33-43(46)41-23-13-20-37-19-9-10-21-40(37)41/h3-33H,1-2H3. The summed E-state index contributed by atoms with van der Waals surface area (Å²) in [6.45, 7) is 4.72. The molecule has 0 saturated heterocycles. The summed E-state index contributed by atoms with van der Waals surface area (Å²) in [7, 11) is 0. The molecule has 1 nitrogen and oxygen atoms in total. The van der Waals surface area contributed by atoms with E-state index in [0.717, 1.165) is 11.4 Å². The van der Waals surface area contributed by atoms with Crippen LogP contribution >= 0.6 is 0 Å². The number of hydrogen-bond donors (Lipinski definition) is 0. The predicted octanol–water partition coefficient (Wildman–Crippen LogP) is 13.6. The Bertz CT molecular complexity index is 2490. The highest BCUT2D eigenvalue weighted by Crippen LogP contribution is 2.55. The molecule has 1 aliphatic rings. The second kappa shape index (κ2) is 12.1.